The molecule has 17 heavy (non-hydrogen) atoms. The minimum atomic E-state index is 0.312. The monoisotopic (exact) mass is 271 g/mol. The van der Waals surface area contributed by atoms with Crippen molar-refractivity contribution < 1.29 is 0 Å². The van der Waals surface area contributed by atoms with E-state index in [1.165, 1.54) is 0 Å². The zero-order valence-electron chi connectivity index (χ0n) is 10.6. The van der Waals surface area contributed by atoms with Crippen molar-refractivity contribution in [2.75, 3.05) is 43.4 Å². The molecule has 0 aromatic carbocycles. The van der Waals surface area contributed by atoms with Crippen molar-refractivity contribution >= 4 is 29.1 Å². The highest BCUT2D eigenvalue weighted by Crippen LogP contribution is 2.22. The molecule has 0 radical (unpaired) electrons. The van der Waals surface area contributed by atoms with Crippen molar-refractivity contribution in [3.8, 4) is 0 Å². The summed E-state index contributed by atoms with van der Waals surface area (Å²) in [6.07, 6.45) is 1.89. The summed E-state index contributed by atoms with van der Waals surface area (Å²) in [6, 6.07) is 0. The first-order valence-corrected chi connectivity index (χ1v) is 7.60. The van der Waals surface area contributed by atoms with Crippen molar-refractivity contribution in [3.63, 3.8) is 0 Å². The van der Waals surface area contributed by atoms with Gasteiger partial charge in [0, 0.05) is 44.3 Å². The number of rotatable bonds is 4. The van der Waals surface area contributed by atoms with Crippen LogP contribution in [0.15, 0.2) is 11.6 Å². The summed E-state index contributed by atoms with van der Waals surface area (Å²) in [7, 11) is 0. The molecule has 3 nitrogen and oxygen atoms in total. The highest BCUT2D eigenvalue weighted by molar-refractivity contribution is 7.80. The van der Waals surface area contributed by atoms with E-state index in [0.717, 1.165) is 43.6 Å². The van der Waals surface area contributed by atoms with Crippen LogP contribution >= 0.6 is 24.0 Å². The Morgan fingerprint density at radius 3 is 2.59 bits per heavy atom. The van der Waals surface area contributed by atoms with Gasteiger partial charge in [0.2, 0.25) is 0 Å². The van der Waals surface area contributed by atoms with E-state index in [1.54, 1.807) is 11.3 Å². The van der Waals surface area contributed by atoms with E-state index < -0.39 is 0 Å². The number of anilines is 1. The minimum absolute atomic E-state index is 0.312. The molecule has 0 amide bonds. The van der Waals surface area contributed by atoms with E-state index in [1.807, 2.05) is 11.6 Å². The zero-order valence-corrected chi connectivity index (χ0v) is 12.3. The first-order valence-electron chi connectivity index (χ1n) is 6.08. The predicted octanol–water partition coefficient (Wildman–Crippen LogP) is 2.22. The molecular formula is C12H21N3S2. The van der Waals surface area contributed by atoms with Gasteiger partial charge < -0.3 is 4.90 Å². The van der Waals surface area contributed by atoms with Gasteiger partial charge in [-0.1, -0.05) is 13.8 Å². The molecule has 96 valence electrons. The van der Waals surface area contributed by atoms with Crippen molar-refractivity contribution in [2.24, 2.45) is 5.41 Å². The fourth-order valence-electron chi connectivity index (χ4n) is 2.12. The fourth-order valence-corrected chi connectivity index (χ4v) is 2.92. The molecule has 0 bridgehead atoms. The SMILES string of the molecule is CC(C)(CS)CN1CCN(c2nccs2)CC1. The van der Waals surface area contributed by atoms with Crippen LogP contribution in [0.5, 0.6) is 0 Å². The average Bonchev–Trinajstić information content (AvgIpc) is 2.83. The maximum atomic E-state index is 4.42. The van der Waals surface area contributed by atoms with Crippen LogP contribution in [-0.2, 0) is 0 Å². The van der Waals surface area contributed by atoms with Crippen LogP contribution in [0.2, 0.25) is 0 Å². The van der Waals surface area contributed by atoms with Gasteiger partial charge in [-0.3, -0.25) is 4.90 Å². The second-order valence-corrected chi connectivity index (χ2v) is 6.59. The van der Waals surface area contributed by atoms with E-state index in [-0.39, 0.29) is 0 Å². The number of nitrogens with zero attached hydrogens (tertiary/aromatic N) is 3. The van der Waals surface area contributed by atoms with Gasteiger partial charge >= 0.3 is 0 Å². The molecule has 0 aliphatic carbocycles. The average molecular weight is 271 g/mol. The second kappa shape index (κ2) is 5.59. The van der Waals surface area contributed by atoms with Gasteiger partial charge in [-0.15, -0.1) is 11.3 Å². The number of hydrogen-bond acceptors (Lipinski definition) is 5. The topological polar surface area (TPSA) is 19.4 Å². The lowest BCUT2D eigenvalue weighted by Crippen LogP contribution is -2.49. The number of thiazole rings is 1. The van der Waals surface area contributed by atoms with Crippen LogP contribution in [0.25, 0.3) is 0 Å². The van der Waals surface area contributed by atoms with Crippen LogP contribution in [0.1, 0.15) is 13.8 Å². The van der Waals surface area contributed by atoms with E-state index in [9.17, 15) is 0 Å². The van der Waals surface area contributed by atoms with Crippen molar-refractivity contribution in [1.29, 1.82) is 0 Å². The van der Waals surface area contributed by atoms with Gasteiger partial charge in [-0.2, -0.15) is 12.6 Å². The van der Waals surface area contributed by atoms with E-state index >= 15 is 0 Å². The van der Waals surface area contributed by atoms with Crippen molar-refractivity contribution in [1.82, 2.24) is 9.88 Å². The third kappa shape index (κ3) is 3.60. The normalized spacial score (nSPS) is 18.6. The molecule has 1 aromatic heterocycles. The summed E-state index contributed by atoms with van der Waals surface area (Å²) in [5.41, 5.74) is 0.312. The van der Waals surface area contributed by atoms with E-state index in [2.05, 4.69) is 41.3 Å². The van der Waals surface area contributed by atoms with E-state index in [0.29, 0.717) is 5.41 Å². The highest BCUT2D eigenvalue weighted by atomic mass is 32.1. The van der Waals surface area contributed by atoms with Crippen LogP contribution in [0.3, 0.4) is 0 Å². The van der Waals surface area contributed by atoms with Crippen LogP contribution in [0.4, 0.5) is 5.13 Å². The first-order chi connectivity index (χ1) is 8.11. The van der Waals surface area contributed by atoms with Crippen LogP contribution in [-0.4, -0.2) is 48.4 Å². The molecule has 2 rings (SSSR count). The second-order valence-electron chi connectivity index (χ2n) is 5.40. The highest BCUT2D eigenvalue weighted by Gasteiger charge is 2.24. The summed E-state index contributed by atoms with van der Waals surface area (Å²) in [4.78, 5) is 9.30. The molecule has 5 heteroatoms. The Labute approximate surface area is 113 Å². The number of piperazine rings is 1. The number of hydrogen-bond donors (Lipinski definition) is 1. The van der Waals surface area contributed by atoms with Gasteiger partial charge in [0.05, 0.1) is 0 Å². The summed E-state index contributed by atoms with van der Waals surface area (Å²) in [5.74, 6) is 0.944. The largest absolute Gasteiger partial charge is 0.346 e. The molecule has 1 aliphatic heterocycles. The maximum Gasteiger partial charge on any atom is 0.185 e. The first kappa shape index (κ1) is 13.2. The molecule has 0 spiro atoms. The lowest BCUT2D eigenvalue weighted by molar-refractivity contribution is 0.185. The lowest BCUT2D eigenvalue weighted by atomic mass is 9.95. The van der Waals surface area contributed by atoms with Gasteiger partial charge in [0.25, 0.3) is 0 Å². The summed E-state index contributed by atoms with van der Waals surface area (Å²) >= 11 is 6.15. The summed E-state index contributed by atoms with van der Waals surface area (Å²) < 4.78 is 0. The Morgan fingerprint density at radius 2 is 2.06 bits per heavy atom. The van der Waals surface area contributed by atoms with Gasteiger partial charge in [0.15, 0.2) is 5.13 Å². The molecule has 0 saturated carbocycles. The lowest BCUT2D eigenvalue weighted by Gasteiger charge is -2.38. The Kier molecular flexibility index (Phi) is 4.33. The Morgan fingerprint density at radius 1 is 1.35 bits per heavy atom. The molecule has 0 unspecified atom stereocenters. The van der Waals surface area contributed by atoms with Crippen LogP contribution in [0, 0.1) is 5.41 Å². The summed E-state index contributed by atoms with van der Waals surface area (Å²) in [6.45, 7) is 10.2. The predicted molar refractivity (Wildman–Crippen MR) is 78.4 cm³/mol. The maximum absolute atomic E-state index is 4.42. The third-order valence-corrected chi connectivity index (χ3v) is 4.83. The molecule has 1 saturated heterocycles. The van der Waals surface area contributed by atoms with Crippen molar-refractivity contribution in [2.45, 2.75) is 13.8 Å². The smallest absolute Gasteiger partial charge is 0.185 e. The zero-order chi connectivity index (χ0) is 12.3. The fraction of sp³-hybridized carbons (Fsp3) is 0.750. The Bertz CT molecular complexity index is 330. The van der Waals surface area contributed by atoms with Gasteiger partial charge in [0.1, 0.15) is 0 Å². The van der Waals surface area contributed by atoms with E-state index in [4.69, 9.17) is 0 Å². The van der Waals surface area contributed by atoms with Crippen LogP contribution < -0.4 is 4.90 Å². The Hall–Kier alpha value is -0.260. The molecule has 2 heterocycles. The minimum Gasteiger partial charge on any atom is -0.346 e. The van der Waals surface area contributed by atoms with Gasteiger partial charge in [-0.05, 0) is 11.2 Å². The third-order valence-electron chi connectivity index (χ3n) is 3.14. The molecule has 1 aromatic rings. The van der Waals surface area contributed by atoms with Crippen molar-refractivity contribution in [3.05, 3.63) is 11.6 Å². The standard InChI is InChI=1S/C12H21N3S2/c1-12(2,10-16)9-14-4-6-15(7-5-14)11-13-3-8-17-11/h3,8,16H,4-7,9-10H2,1-2H3. The quantitative estimate of drug-likeness (QED) is 0.848. The van der Waals surface area contributed by atoms with Gasteiger partial charge in [-0.25, -0.2) is 4.98 Å². The molecule has 0 N–H and O–H groups in total. The molecule has 1 aliphatic rings. The number of thiol groups is 1. The number of aromatic nitrogens is 1. The molecule has 1 fully saturated rings. The summed E-state index contributed by atoms with van der Waals surface area (Å²) in [5, 5.41) is 3.21. The molecular weight excluding hydrogens is 250 g/mol. The Balaban J connectivity index is 1.82. The molecule has 0 atom stereocenters.